The predicted octanol–water partition coefficient (Wildman–Crippen LogP) is -27.0. The summed E-state index contributed by atoms with van der Waals surface area (Å²) < 4.78 is 0. The lowest BCUT2D eigenvalue weighted by molar-refractivity contribution is -0.143. The molecule has 137 heavy (non-hydrogen) atoms. The van der Waals surface area contributed by atoms with Crippen LogP contribution in [-0.2, 0) is 144 Å². The Morgan fingerprint density at radius 3 is 0.474 bits per heavy atom. The van der Waals surface area contributed by atoms with E-state index in [1.54, 1.807) is 42.5 Å². The van der Waals surface area contributed by atoms with E-state index < -0.39 is 417 Å². The second-order valence-corrected chi connectivity index (χ2v) is 28.1. The quantitative estimate of drug-likeness (QED) is 0.0269. The van der Waals surface area contributed by atoms with Crippen molar-refractivity contribution in [1.82, 2.24) is 106 Å². The second kappa shape index (κ2) is 61.5. The van der Waals surface area contributed by atoms with Crippen LogP contribution in [0.2, 0.25) is 0 Å². The minimum Gasteiger partial charge on any atom is -0.481 e. The smallest absolute Gasteiger partial charge is 0.322 e. The lowest BCUT2D eigenvalue weighted by atomic mass is 10.1. The van der Waals surface area contributed by atoms with Crippen LogP contribution in [0.5, 0.6) is 0 Å². The fraction of sp³-hybridized carbons (Fsp3) is 0.559. The first-order chi connectivity index (χ1) is 63.9. The average Bonchev–Trinajstić information content (AvgIpc) is 0.850. The summed E-state index contributed by atoms with van der Waals surface area (Å²) in [6.07, 6.45) is -12.1. The van der Waals surface area contributed by atoms with Crippen molar-refractivity contribution in [1.29, 1.82) is 0 Å². The Hall–Kier alpha value is -16.3. The molecule has 0 heterocycles. The number of aliphatic hydroxyl groups excluding tert-OH is 8. The number of aliphatic hydroxyl groups is 8. The predicted molar refractivity (Wildman–Crippen MR) is 430 cm³/mol. The molecule has 0 rings (SSSR count). The molecule has 0 aliphatic heterocycles. The maximum atomic E-state index is 13.7. The van der Waals surface area contributed by atoms with Gasteiger partial charge in [-0.05, 0) is 0 Å². The van der Waals surface area contributed by atoms with Gasteiger partial charge < -0.3 is 206 Å². The van der Waals surface area contributed by atoms with Gasteiger partial charge in [-0.2, -0.15) is 0 Å². The molecule has 764 valence electrons. The van der Waals surface area contributed by atoms with Crippen LogP contribution in [0.15, 0.2) is 0 Å². The number of carboxylic acid groups (broad SMARTS) is 7. The molecular weight excluding hydrogens is 1870 g/mol. The lowest BCUT2D eigenvalue weighted by Gasteiger charge is -2.26. The van der Waals surface area contributed by atoms with Gasteiger partial charge in [0.2, 0.25) is 136 Å². The number of carbonyl (C=O) groups is 30. The monoisotopic (exact) mass is 1970 g/mol. The molecule has 69 heteroatoms. The number of nitrogens with two attached hydrogens (primary N) is 4. The van der Waals surface area contributed by atoms with Crippen molar-refractivity contribution in [2.75, 3.05) is 79.0 Å². The molecule has 69 nitrogen and oxygen atoms in total. The van der Waals surface area contributed by atoms with Crippen LogP contribution in [0.3, 0.4) is 0 Å². The number of aliphatic carboxylic acids is 7. The van der Waals surface area contributed by atoms with E-state index in [4.69, 9.17) is 33.1 Å². The van der Waals surface area contributed by atoms with Gasteiger partial charge in [0.25, 0.3) is 0 Å². The molecule has 0 saturated heterocycles. The fourth-order valence-corrected chi connectivity index (χ4v) is 10.4. The van der Waals surface area contributed by atoms with Gasteiger partial charge >= 0.3 is 41.8 Å². The lowest BCUT2D eigenvalue weighted by Crippen LogP contribution is -2.62. The van der Waals surface area contributed by atoms with E-state index in [1.165, 1.54) is 0 Å². The van der Waals surface area contributed by atoms with Crippen molar-refractivity contribution in [2.24, 2.45) is 22.9 Å². The number of hydrogen-bond acceptors (Lipinski definition) is 39. The van der Waals surface area contributed by atoms with Crippen molar-refractivity contribution in [3.63, 3.8) is 0 Å². The summed E-state index contributed by atoms with van der Waals surface area (Å²) in [6.45, 7) is -15.3. The van der Waals surface area contributed by atoms with Gasteiger partial charge in [-0.15, -0.1) is 0 Å². The Bertz CT molecular complexity index is 4480. The number of nitrogens with one attached hydrogen (secondary N) is 20. The van der Waals surface area contributed by atoms with Crippen molar-refractivity contribution < 1.29 is 220 Å². The third kappa shape index (κ3) is 47.1. The average molecular weight is 1980 g/mol. The molecule has 0 unspecified atom stereocenters. The van der Waals surface area contributed by atoms with E-state index in [0.717, 1.165) is 0 Å². The van der Waals surface area contributed by atoms with Crippen molar-refractivity contribution in [3.8, 4) is 0 Å². The summed E-state index contributed by atoms with van der Waals surface area (Å²) in [5, 5.41) is 181. The second-order valence-electron chi connectivity index (χ2n) is 28.1. The van der Waals surface area contributed by atoms with Crippen LogP contribution in [0.25, 0.3) is 0 Å². The Morgan fingerprint density at radius 2 is 0.307 bits per heavy atom. The van der Waals surface area contributed by atoms with Crippen molar-refractivity contribution >= 4 is 178 Å². The highest BCUT2D eigenvalue weighted by molar-refractivity contribution is 6.05. The highest BCUT2D eigenvalue weighted by Gasteiger charge is 2.41. The molecule has 0 aromatic carbocycles. The minimum atomic E-state index is -2.48. The largest absolute Gasteiger partial charge is 0.481 e. The van der Waals surface area contributed by atoms with Crippen LogP contribution in [0.1, 0.15) is 57.8 Å². The van der Waals surface area contributed by atoms with Gasteiger partial charge in [-0.3, -0.25) is 144 Å². The van der Waals surface area contributed by atoms with Gasteiger partial charge in [-0.25, -0.2) is 0 Å². The zero-order valence-electron chi connectivity index (χ0n) is 70.9. The standard InChI is InChI=1S/C68H102N24O45/c69-22(14-93)52(121)73-10-42(104)78-33(16-95)63(132)86-29(7-48(113)114)60(129)89-35(18-97)65(134)80-23(1-39(70)101)56(125)83-26(4-45(107)108)53(122)74-11-43(105)77-32(15-94)55(124)75-12-44(106)79-34(17-96)64(133)87-30(8-49(115)116)61(130)90-37(20-99)67(136)82-25(3-41(72)103)58(127)85-28(6-47(111)112)59(128)92-38(21-100)68(137)88-31(9-50(117)118)62(131)91-36(19-98)66(135)81-24(2-40(71)102)57(126)84-27(5-46(109)110)54(123)76-13-51(119)120/h22-38,93-100H,1-21,69H2,(H2,70,101)(H2,71,102)(H2,72,103)(H,73,121)(H,74,122)(H,75,124)(H,76,123)(H,77,105)(H,78,104)(H,79,106)(H,80,134)(H,81,135)(H,82,136)(H,83,125)(H,84,126)(H,85,127)(H,86,132)(H,87,133)(H,88,137)(H,89,129)(H,90,130)(H,91,131)(H,92,128)(H,107,108)(H,109,110)(H,111,112)(H,113,114)(H,115,116)(H,117,118)(H,119,120)/t22-,23-,24-,25-,26-,27-,28-,29-,30-,31-,32-,33-,34-,35-,36-,37-,38-/m0/s1. The summed E-state index contributed by atoms with van der Waals surface area (Å²) in [5.41, 5.74) is 20.9. The normalized spacial score (nSPS) is 14.4. The third-order valence-corrected chi connectivity index (χ3v) is 17.2. The molecule has 17 atom stereocenters. The highest BCUT2D eigenvalue weighted by atomic mass is 16.4. The highest BCUT2D eigenvalue weighted by Crippen LogP contribution is 2.09. The molecule has 0 saturated carbocycles. The molecule has 0 aromatic rings. The van der Waals surface area contributed by atoms with E-state index in [1.807, 2.05) is 63.8 Å². The van der Waals surface area contributed by atoms with Crippen LogP contribution in [0, 0.1) is 0 Å². The Labute approximate surface area is 764 Å². The zero-order chi connectivity index (χ0) is 105. The number of amides is 23. The third-order valence-electron chi connectivity index (χ3n) is 17.2. The zero-order valence-corrected chi connectivity index (χ0v) is 70.9. The summed E-state index contributed by atoms with van der Waals surface area (Å²) in [5.74, 6) is -48.2. The first kappa shape index (κ1) is 121. The van der Waals surface area contributed by atoms with Gasteiger partial charge in [0, 0.05) is 0 Å². The Balaban J connectivity index is 6.36. The first-order valence-corrected chi connectivity index (χ1v) is 38.9. The summed E-state index contributed by atoms with van der Waals surface area (Å²) in [4.78, 5) is 381. The van der Waals surface area contributed by atoms with E-state index in [9.17, 15) is 210 Å². The molecule has 0 aliphatic carbocycles. The molecule has 0 spiro atoms. The molecule has 43 N–H and O–H groups in total. The van der Waals surface area contributed by atoms with Crippen LogP contribution in [0.4, 0.5) is 0 Å². The molecule has 0 bridgehead atoms. The fourth-order valence-electron chi connectivity index (χ4n) is 10.4. The van der Waals surface area contributed by atoms with Gasteiger partial charge in [0.05, 0.1) is 130 Å². The van der Waals surface area contributed by atoms with Crippen LogP contribution < -0.4 is 129 Å². The summed E-state index contributed by atoms with van der Waals surface area (Å²) >= 11 is 0. The number of primary amides is 3. The first-order valence-electron chi connectivity index (χ1n) is 38.9. The maximum absolute atomic E-state index is 13.7. The minimum absolute atomic E-state index is 0.837. The number of carbonyl (C=O) groups excluding carboxylic acids is 23. The van der Waals surface area contributed by atoms with E-state index in [2.05, 4.69) is 0 Å². The molecular formula is C68H102N24O45. The number of rotatable bonds is 67. The van der Waals surface area contributed by atoms with Crippen molar-refractivity contribution in [2.45, 2.75) is 160 Å². The van der Waals surface area contributed by atoms with Crippen LogP contribution in [-0.4, -0.2) is 436 Å². The van der Waals surface area contributed by atoms with E-state index in [-0.39, 0.29) is 0 Å². The molecule has 0 aliphatic rings. The van der Waals surface area contributed by atoms with Gasteiger partial charge in [-0.1, -0.05) is 0 Å². The van der Waals surface area contributed by atoms with Gasteiger partial charge in [0.15, 0.2) is 0 Å². The SMILES string of the molecule is NC(=O)C[C@H](NC(=O)[C@H](CO)NC(=O)[C@H](CC(=O)O)NC(=O)[C@H](CO)NC(=O)CNC(=O)[C@@H](N)CO)C(=O)N[C@@H](CC(=O)O)C(=O)NCC(=O)N[C@@H](CO)C(=O)NCC(=O)N[C@@H](CO)C(=O)N[C@@H](CC(=O)O)C(=O)N[C@@H](CO)C(=O)N[C@@H](CC(N)=O)C(=O)N[C@@H](CC(=O)O)C(=O)N[C@@H](CO)C(=O)N[C@@H](CC(=O)O)C(=O)N[C@@H](CO)C(=O)N[C@@H](CC(N)=O)C(=O)N[C@@H](CC(=O)O)C(=O)NCC(=O)O. The maximum Gasteiger partial charge on any atom is 0.322 e. The molecule has 0 fully saturated rings. The van der Waals surface area contributed by atoms with E-state index >= 15 is 0 Å². The molecule has 23 amide bonds. The summed E-state index contributed by atoms with van der Waals surface area (Å²) in [7, 11) is 0. The van der Waals surface area contributed by atoms with Gasteiger partial charge in [0.1, 0.15) is 109 Å². The topological polar surface area (TPSA) is 1160 Å². The van der Waals surface area contributed by atoms with Crippen molar-refractivity contribution in [3.05, 3.63) is 0 Å². The number of hydrogen-bond donors (Lipinski definition) is 39. The van der Waals surface area contributed by atoms with Crippen LogP contribution >= 0.6 is 0 Å². The Kier molecular flexibility index (Phi) is 54.2. The number of carboxylic acids is 7. The Morgan fingerprint density at radius 1 is 0.168 bits per heavy atom. The summed E-state index contributed by atoms with van der Waals surface area (Å²) in [6, 6.07) is -37.8. The molecule has 0 radical (unpaired) electrons. The van der Waals surface area contributed by atoms with E-state index in [0.29, 0.717) is 0 Å². The molecule has 0 aromatic heterocycles.